The van der Waals surface area contributed by atoms with Gasteiger partial charge >= 0.3 is 6.18 Å². The molecule has 0 aliphatic heterocycles. The Labute approximate surface area is 86.6 Å². The van der Waals surface area contributed by atoms with Gasteiger partial charge in [-0.25, -0.2) is 0 Å². The van der Waals surface area contributed by atoms with Gasteiger partial charge in [0.15, 0.2) is 0 Å². The van der Waals surface area contributed by atoms with Crippen molar-refractivity contribution in [1.82, 2.24) is 0 Å². The first-order valence-corrected chi connectivity index (χ1v) is 4.32. The molecule has 0 heterocycles. The van der Waals surface area contributed by atoms with Gasteiger partial charge in [0, 0.05) is 21.9 Å². The first kappa shape index (κ1) is 11.0. The lowest BCUT2D eigenvalue weighted by atomic mass is 10.1. The van der Waals surface area contributed by atoms with Crippen LogP contribution in [0.3, 0.4) is 0 Å². The van der Waals surface area contributed by atoms with Crippen LogP contribution in [-0.2, 0) is 6.18 Å². The average molecular weight is 267 g/mol. The Bertz CT molecular complexity index is 350. The molecular formula is C8H6BrF3N2. The highest BCUT2D eigenvalue weighted by molar-refractivity contribution is 9.10. The van der Waals surface area contributed by atoms with E-state index in [1.165, 1.54) is 0 Å². The minimum absolute atomic E-state index is 0.0679. The predicted octanol–water partition coefficient (Wildman–Crippen LogP) is 3.05. The molecule has 76 valence electrons. The minimum Gasteiger partial charge on any atom is -0.398 e. The van der Waals surface area contributed by atoms with Crippen molar-refractivity contribution in [2.24, 2.45) is 0 Å². The molecule has 1 aromatic carbocycles. The number of nitrogens with one attached hydrogen (secondary N) is 1. The molecule has 0 atom stereocenters. The smallest absolute Gasteiger partial charge is 0.398 e. The second-order valence-corrected chi connectivity index (χ2v) is 3.46. The molecular weight excluding hydrogens is 261 g/mol. The van der Waals surface area contributed by atoms with E-state index in [1.807, 2.05) is 0 Å². The number of hydrogen-bond acceptors (Lipinski definition) is 2. The van der Waals surface area contributed by atoms with Crippen molar-refractivity contribution < 1.29 is 13.2 Å². The van der Waals surface area contributed by atoms with Crippen LogP contribution in [0.15, 0.2) is 16.6 Å². The molecule has 0 fully saturated rings. The highest BCUT2D eigenvalue weighted by atomic mass is 79.9. The van der Waals surface area contributed by atoms with Gasteiger partial charge in [-0.15, -0.1) is 0 Å². The Morgan fingerprint density at radius 2 is 1.93 bits per heavy atom. The summed E-state index contributed by atoms with van der Waals surface area (Å²) in [4.78, 5) is 0. The SMILES string of the molecule is N=Cc1c(N)cc(C(F)(F)F)cc1Br. The van der Waals surface area contributed by atoms with E-state index in [2.05, 4.69) is 15.9 Å². The third kappa shape index (κ3) is 2.06. The molecule has 0 spiro atoms. The second-order valence-electron chi connectivity index (χ2n) is 2.60. The maximum atomic E-state index is 12.3. The van der Waals surface area contributed by atoms with Crippen molar-refractivity contribution in [3.8, 4) is 0 Å². The van der Waals surface area contributed by atoms with Gasteiger partial charge < -0.3 is 11.1 Å². The summed E-state index contributed by atoms with van der Waals surface area (Å²) in [7, 11) is 0. The molecule has 0 aromatic heterocycles. The van der Waals surface area contributed by atoms with E-state index in [1.54, 1.807) is 0 Å². The van der Waals surface area contributed by atoms with E-state index in [-0.39, 0.29) is 15.7 Å². The van der Waals surface area contributed by atoms with E-state index in [0.29, 0.717) is 0 Å². The van der Waals surface area contributed by atoms with Gasteiger partial charge in [0.1, 0.15) is 0 Å². The van der Waals surface area contributed by atoms with Gasteiger partial charge in [0.05, 0.1) is 5.56 Å². The average Bonchev–Trinajstić information content (AvgIpc) is 2.01. The molecule has 0 radical (unpaired) electrons. The van der Waals surface area contributed by atoms with Crippen LogP contribution in [-0.4, -0.2) is 6.21 Å². The number of anilines is 1. The summed E-state index contributed by atoms with van der Waals surface area (Å²) < 4.78 is 36.9. The molecule has 0 saturated carbocycles. The summed E-state index contributed by atoms with van der Waals surface area (Å²) in [6.07, 6.45) is -3.52. The lowest BCUT2D eigenvalue weighted by Crippen LogP contribution is -2.07. The zero-order valence-electron chi connectivity index (χ0n) is 6.82. The Kier molecular flexibility index (Phi) is 2.84. The Balaban J connectivity index is 3.35. The number of hydrogen-bond donors (Lipinski definition) is 2. The first-order chi connectivity index (χ1) is 6.36. The summed E-state index contributed by atoms with van der Waals surface area (Å²) in [5.74, 6) is 0. The third-order valence-corrected chi connectivity index (χ3v) is 2.29. The van der Waals surface area contributed by atoms with E-state index in [9.17, 15) is 13.2 Å². The van der Waals surface area contributed by atoms with Gasteiger partial charge in [-0.05, 0) is 12.1 Å². The lowest BCUT2D eigenvalue weighted by molar-refractivity contribution is -0.137. The second kappa shape index (κ2) is 3.61. The number of nitrogens with two attached hydrogens (primary N) is 1. The van der Waals surface area contributed by atoms with Crippen molar-refractivity contribution >= 4 is 27.8 Å². The third-order valence-electron chi connectivity index (χ3n) is 1.63. The largest absolute Gasteiger partial charge is 0.416 e. The normalized spacial score (nSPS) is 11.4. The first-order valence-electron chi connectivity index (χ1n) is 3.53. The summed E-state index contributed by atoms with van der Waals surface area (Å²) >= 11 is 2.92. The van der Waals surface area contributed by atoms with Crippen molar-refractivity contribution in [2.75, 3.05) is 5.73 Å². The van der Waals surface area contributed by atoms with Crippen LogP contribution in [0.1, 0.15) is 11.1 Å². The van der Waals surface area contributed by atoms with E-state index in [0.717, 1.165) is 18.3 Å². The van der Waals surface area contributed by atoms with Crippen molar-refractivity contribution in [3.05, 3.63) is 27.7 Å². The van der Waals surface area contributed by atoms with Crippen LogP contribution in [0.5, 0.6) is 0 Å². The zero-order valence-corrected chi connectivity index (χ0v) is 8.41. The molecule has 0 amide bonds. The molecule has 0 unspecified atom stereocenters. The van der Waals surface area contributed by atoms with Crippen LogP contribution in [0.25, 0.3) is 0 Å². The fourth-order valence-electron chi connectivity index (χ4n) is 0.955. The summed E-state index contributed by atoms with van der Waals surface area (Å²) in [6, 6.07) is 1.71. The summed E-state index contributed by atoms with van der Waals surface area (Å²) in [6.45, 7) is 0. The monoisotopic (exact) mass is 266 g/mol. The molecule has 1 rings (SSSR count). The van der Waals surface area contributed by atoms with Crippen molar-refractivity contribution in [3.63, 3.8) is 0 Å². The Morgan fingerprint density at radius 1 is 1.36 bits per heavy atom. The van der Waals surface area contributed by atoms with Gasteiger partial charge in [0.2, 0.25) is 0 Å². The van der Waals surface area contributed by atoms with Gasteiger partial charge in [-0.2, -0.15) is 13.2 Å². The van der Waals surface area contributed by atoms with E-state index in [4.69, 9.17) is 11.1 Å². The molecule has 1 aromatic rings. The van der Waals surface area contributed by atoms with Crippen LogP contribution < -0.4 is 5.73 Å². The predicted molar refractivity (Wildman–Crippen MR) is 51.4 cm³/mol. The van der Waals surface area contributed by atoms with Crippen molar-refractivity contribution in [1.29, 1.82) is 5.41 Å². The molecule has 14 heavy (non-hydrogen) atoms. The summed E-state index contributed by atoms with van der Waals surface area (Å²) in [5.41, 5.74) is 4.70. The van der Waals surface area contributed by atoms with Gasteiger partial charge in [-0.3, -0.25) is 0 Å². The Hall–Kier alpha value is -1.04. The molecule has 2 nitrogen and oxygen atoms in total. The number of benzene rings is 1. The van der Waals surface area contributed by atoms with Crippen LogP contribution >= 0.6 is 15.9 Å². The molecule has 0 aliphatic carbocycles. The summed E-state index contributed by atoms with van der Waals surface area (Å²) in [5, 5.41) is 6.94. The van der Waals surface area contributed by atoms with E-state index < -0.39 is 11.7 Å². The number of alkyl halides is 3. The fourth-order valence-corrected chi connectivity index (χ4v) is 1.55. The number of rotatable bonds is 1. The van der Waals surface area contributed by atoms with Gasteiger partial charge in [0.25, 0.3) is 0 Å². The topological polar surface area (TPSA) is 49.9 Å². The molecule has 3 N–H and O–H groups in total. The fraction of sp³-hybridized carbons (Fsp3) is 0.125. The Morgan fingerprint density at radius 3 is 2.29 bits per heavy atom. The van der Waals surface area contributed by atoms with Crippen molar-refractivity contribution in [2.45, 2.75) is 6.18 Å². The van der Waals surface area contributed by atoms with Crippen LogP contribution in [0.4, 0.5) is 18.9 Å². The standard InChI is InChI=1S/C8H6BrF3N2/c9-6-1-4(8(10,11)12)2-7(14)5(6)3-13/h1-3,13H,14H2. The highest BCUT2D eigenvalue weighted by Crippen LogP contribution is 2.34. The van der Waals surface area contributed by atoms with Crippen LogP contribution in [0, 0.1) is 5.41 Å². The maximum Gasteiger partial charge on any atom is 0.416 e. The maximum absolute atomic E-state index is 12.3. The molecule has 0 bridgehead atoms. The molecule has 0 aliphatic rings. The molecule has 0 saturated heterocycles. The van der Waals surface area contributed by atoms with E-state index >= 15 is 0 Å². The number of halogens is 4. The quantitative estimate of drug-likeness (QED) is 0.596. The van der Waals surface area contributed by atoms with Crippen LogP contribution in [0.2, 0.25) is 0 Å². The highest BCUT2D eigenvalue weighted by Gasteiger charge is 2.31. The molecule has 6 heteroatoms. The van der Waals surface area contributed by atoms with Gasteiger partial charge in [-0.1, -0.05) is 15.9 Å². The minimum atomic E-state index is -4.42. The zero-order chi connectivity index (χ0) is 10.9. The number of nitrogen functional groups attached to an aromatic ring is 1. The lowest BCUT2D eigenvalue weighted by Gasteiger charge is -2.10.